The number of carboxylic acid groups (broad SMARTS) is 1. The predicted octanol–water partition coefficient (Wildman–Crippen LogP) is 0.787. The standard InChI is InChI=1S/C14H19N3O5/c1-14(8-22-2,7-11(18)19)17-12(20)9-4-3-5-10(6-9)16-13(15)21/h3-6H,7-8H2,1-2H3,(H,17,20)(H,18,19)(H3,15,16,21). The number of carbonyl (C=O) groups is 3. The molecule has 22 heavy (non-hydrogen) atoms. The second-order valence-corrected chi connectivity index (χ2v) is 5.09. The Bertz CT molecular complexity index is 575. The lowest BCUT2D eigenvalue weighted by atomic mass is 9.98. The third-order valence-electron chi connectivity index (χ3n) is 2.81. The Morgan fingerprint density at radius 1 is 1.36 bits per heavy atom. The van der Waals surface area contributed by atoms with E-state index in [1.807, 2.05) is 0 Å². The van der Waals surface area contributed by atoms with Crippen LogP contribution in [0.4, 0.5) is 10.5 Å². The van der Waals surface area contributed by atoms with Crippen molar-refractivity contribution in [2.75, 3.05) is 19.0 Å². The average Bonchev–Trinajstić information content (AvgIpc) is 2.37. The number of nitrogens with one attached hydrogen (secondary N) is 2. The minimum atomic E-state index is -1.05. The number of rotatable bonds is 7. The lowest BCUT2D eigenvalue weighted by Crippen LogP contribution is -2.50. The van der Waals surface area contributed by atoms with Gasteiger partial charge in [-0.15, -0.1) is 0 Å². The number of carboxylic acids is 1. The number of ether oxygens (including phenoxy) is 1. The van der Waals surface area contributed by atoms with Crippen LogP contribution in [0.3, 0.4) is 0 Å². The molecule has 0 aliphatic carbocycles. The molecule has 1 aromatic rings. The summed E-state index contributed by atoms with van der Waals surface area (Å²) in [6, 6.07) is 5.38. The molecule has 0 bridgehead atoms. The molecule has 0 fully saturated rings. The first-order chi connectivity index (χ1) is 10.3. The summed E-state index contributed by atoms with van der Waals surface area (Å²) in [6.45, 7) is 1.62. The number of methoxy groups -OCH3 is 1. The zero-order valence-corrected chi connectivity index (χ0v) is 12.4. The van der Waals surface area contributed by atoms with Crippen LogP contribution in [0.5, 0.6) is 0 Å². The van der Waals surface area contributed by atoms with Crippen molar-refractivity contribution in [3.05, 3.63) is 29.8 Å². The SMILES string of the molecule is COCC(C)(CC(=O)O)NC(=O)c1cccc(NC(N)=O)c1. The maximum Gasteiger partial charge on any atom is 0.316 e. The van der Waals surface area contributed by atoms with Crippen LogP contribution in [0.2, 0.25) is 0 Å². The molecule has 0 aromatic heterocycles. The van der Waals surface area contributed by atoms with Crippen molar-refractivity contribution in [3.63, 3.8) is 0 Å². The Balaban J connectivity index is 2.90. The predicted molar refractivity (Wildman–Crippen MR) is 79.6 cm³/mol. The van der Waals surface area contributed by atoms with E-state index >= 15 is 0 Å². The Hall–Kier alpha value is -2.61. The van der Waals surface area contributed by atoms with Crippen molar-refractivity contribution in [1.29, 1.82) is 0 Å². The molecule has 0 saturated heterocycles. The third kappa shape index (κ3) is 5.41. The summed E-state index contributed by atoms with van der Waals surface area (Å²) in [7, 11) is 1.42. The van der Waals surface area contributed by atoms with Gasteiger partial charge in [-0.1, -0.05) is 6.07 Å². The van der Waals surface area contributed by atoms with E-state index < -0.39 is 23.4 Å². The summed E-state index contributed by atoms with van der Waals surface area (Å²) in [5, 5.41) is 13.9. The molecule has 120 valence electrons. The van der Waals surface area contributed by atoms with Gasteiger partial charge >= 0.3 is 12.0 Å². The fourth-order valence-electron chi connectivity index (χ4n) is 2.01. The summed E-state index contributed by atoms with van der Waals surface area (Å²) in [6.07, 6.45) is -0.286. The molecular formula is C14H19N3O5. The lowest BCUT2D eigenvalue weighted by molar-refractivity contribution is -0.139. The number of aliphatic carboxylic acids is 1. The number of nitrogens with two attached hydrogens (primary N) is 1. The van der Waals surface area contributed by atoms with Crippen LogP contribution in [-0.2, 0) is 9.53 Å². The Morgan fingerprint density at radius 2 is 2.05 bits per heavy atom. The van der Waals surface area contributed by atoms with Gasteiger partial charge in [-0.25, -0.2) is 4.79 Å². The molecule has 1 rings (SSSR count). The van der Waals surface area contributed by atoms with E-state index in [0.717, 1.165) is 0 Å². The molecule has 0 aliphatic rings. The van der Waals surface area contributed by atoms with Crippen LogP contribution >= 0.6 is 0 Å². The molecule has 0 heterocycles. The zero-order chi connectivity index (χ0) is 16.8. The van der Waals surface area contributed by atoms with Crippen molar-refractivity contribution >= 4 is 23.6 Å². The van der Waals surface area contributed by atoms with Gasteiger partial charge in [0.05, 0.1) is 18.6 Å². The molecule has 1 aromatic carbocycles. The largest absolute Gasteiger partial charge is 0.481 e. The van der Waals surface area contributed by atoms with Crippen LogP contribution in [0.1, 0.15) is 23.7 Å². The van der Waals surface area contributed by atoms with Crippen LogP contribution in [0.15, 0.2) is 24.3 Å². The molecule has 3 amide bonds. The Labute approximate surface area is 127 Å². The first-order valence-electron chi connectivity index (χ1n) is 6.45. The van der Waals surface area contributed by atoms with Crippen molar-refractivity contribution in [1.82, 2.24) is 5.32 Å². The van der Waals surface area contributed by atoms with Crippen molar-refractivity contribution in [3.8, 4) is 0 Å². The minimum Gasteiger partial charge on any atom is -0.481 e. The highest BCUT2D eigenvalue weighted by molar-refractivity contribution is 5.97. The monoisotopic (exact) mass is 309 g/mol. The second kappa shape index (κ2) is 7.41. The molecule has 8 heteroatoms. The number of amides is 3. The van der Waals surface area contributed by atoms with E-state index in [4.69, 9.17) is 15.6 Å². The van der Waals surface area contributed by atoms with Gasteiger partial charge in [0, 0.05) is 18.4 Å². The molecule has 1 atom stereocenters. The van der Waals surface area contributed by atoms with Crippen molar-refractivity contribution in [2.45, 2.75) is 18.9 Å². The van der Waals surface area contributed by atoms with E-state index in [1.54, 1.807) is 19.1 Å². The zero-order valence-electron chi connectivity index (χ0n) is 12.4. The van der Waals surface area contributed by atoms with Gasteiger partial charge in [0.25, 0.3) is 5.91 Å². The molecule has 8 nitrogen and oxygen atoms in total. The highest BCUT2D eigenvalue weighted by atomic mass is 16.5. The quantitative estimate of drug-likeness (QED) is 0.591. The Kier molecular flexibility index (Phi) is 5.88. The molecule has 0 spiro atoms. The molecule has 0 radical (unpaired) electrons. The maximum absolute atomic E-state index is 12.3. The van der Waals surface area contributed by atoms with Gasteiger partial charge in [0.15, 0.2) is 0 Å². The van der Waals surface area contributed by atoms with Gasteiger partial charge in [0.2, 0.25) is 0 Å². The maximum atomic E-state index is 12.3. The van der Waals surface area contributed by atoms with E-state index in [9.17, 15) is 14.4 Å². The van der Waals surface area contributed by atoms with Crippen molar-refractivity contribution < 1.29 is 24.2 Å². The van der Waals surface area contributed by atoms with E-state index in [-0.39, 0.29) is 18.6 Å². The lowest BCUT2D eigenvalue weighted by Gasteiger charge is -2.28. The molecule has 5 N–H and O–H groups in total. The number of benzene rings is 1. The van der Waals surface area contributed by atoms with Gasteiger partial charge in [-0.2, -0.15) is 0 Å². The summed E-state index contributed by atoms with van der Waals surface area (Å²) in [5.74, 6) is -1.53. The van der Waals surface area contributed by atoms with Crippen LogP contribution in [0, 0.1) is 0 Å². The van der Waals surface area contributed by atoms with Gasteiger partial charge in [-0.3, -0.25) is 9.59 Å². The average molecular weight is 309 g/mol. The van der Waals surface area contributed by atoms with Gasteiger partial charge in [-0.05, 0) is 25.1 Å². The van der Waals surface area contributed by atoms with Crippen LogP contribution < -0.4 is 16.4 Å². The topological polar surface area (TPSA) is 131 Å². The number of hydrogen-bond donors (Lipinski definition) is 4. The Morgan fingerprint density at radius 3 is 2.59 bits per heavy atom. The number of hydrogen-bond acceptors (Lipinski definition) is 4. The normalized spacial score (nSPS) is 13.0. The fourth-order valence-corrected chi connectivity index (χ4v) is 2.01. The third-order valence-corrected chi connectivity index (χ3v) is 2.81. The molecule has 1 unspecified atom stereocenters. The molecule has 0 saturated carbocycles. The van der Waals surface area contributed by atoms with Crippen LogP contribution in [0.25, 0.3) is 0 Å². The number of urea groups is 1. The number of primary amides is 1. The first-order valence-corrected chi connectivity index (χ1v) is 6.45. The summed E-state index contributed by atoms with van der Waals surface area (Å²) in [5.41, 5.74) is 4.59. The highest BCUT2D eigenvalue weighted by Gasteiger charge is 2.30. The smallest absolute Gasteiger partial charge is 0.316 e. The summed E-state index contributed by atoms with van der Waals surface area (Å²) < 4.78 is 4.97. The number of carbonyl (C=O) groups excluding carboxylic acids is 2. The molecule has 0 aliphatic heterocycles. The number of anilines is 1. The second-order valence-electron chi connectivity index (χ2n) is 5.09. The fraction of sp³-hybridized carbons (Fsp3) is 0.357. The minimum absolute atomic E-state index is 0.0459. The van der Waals surface area contributed by atoms with E-state index in [0.29, 0.717) is 5.69 Å². The van der Waals surface area contributed by atoms with Gasteiger partial charge < -0.3 is 26.2 Å². The first kappa shape index (κ1) is 17.4. The van der Waals surface area contributed by atoms with E-state index in [2.05, 4.69) is 10.6 Å². The van der Waals surface area contributed by atoms with Crippen molar-refractivity contribution in [2.24, 2.45) is 5.73 Å². The highest BCUT2D eigenvalue weighted by Crippen LogP contribution is 2.15. The molecular weight excluding hydrogens is 290 g/mol. The summed E-state index contributed by atoms with van der Waals surface area (Å²) in [4.78, 5) is 34.0. The van der Waals surface area contributed by atoms with E-state index in [1.165, 1.54) is 19.2 Å². The van der Waals surface area contributed by atoms with Gasteiger partial charge in [0.1, 0.15) is 0 Å². The van der Waals surface area contributed by atoms with Crippen LogP contribution in [-0.4, -0.2) is 42.3 Å². The summed E-state index contributed by atoms with van der Waals surface area (Å²) >= 11 is 0.